The third-order valence-corrected chi connectivity index (χ3v) is 6.44. The van der Waals surface area contributed by atoms with Crippen LogP contribution in [-0.4, -0.2) is 46.1 Å². The van der Waals surface area contributed by atoms with Crippen molar-refractivity contribution >= 4 is 35.2 Å². The fourth-order valence-corrected chi connectivity index (χ4v) is 5.85. The zero-order valence-electron chi connectivity index (χ0n) is 13.1. The Balaban J connectivity index is 1.89. The van der Waals surface area contributed by atoms with Crippen molar-refractivity contribution in [3.63, 3.8) is 0 Å². The molecule has 1 aromatic carbocycles. The molecule has 23 heavy (non-hydrogen) atoms. The van der Waals surface area contributed by atoms with Crippen molar-refractivity contribution in [2.24, 2.45) is 5.92 Å². The van der Waals surface area contributed by atoms with E-state index in [0.717, 1.165) is 11.3 Å². The first-order valence-corrected chi connectivity index (χ1v) is 9.17. The van der Waals surface area contributed by atoms with Gasteiger partial charge in [0.1, 0.15) is 6.04 Å². The summed E-state index contributed by atoms with van der Waals surface area (Å²) in [7, 11) is 0. The van der Waals surface area contributed by atoms with Crippen LogP contribution in [0.2, 0.25) is 0 Å². The molecule has 1 saturated heterocycles. The number of amides is 1. The van der Waals surface area contributed by atoms with Gasteiger partial charge in [0.25, 0.3) is 0 Å². The zero-order valence-corrected chi connectivity index (χ0v) is 14.7. The molecule has 1 heterocycles. The summed E-state index contributed by atoms with van der Waals surface area (Å²) in [6, 6.07) is 9.41. The number of hydrogen-bond donors (Lipinski definition) is 0. The normalized spacial score (nSPS) is 32.1. The molecule has 4 nitrogen and oxygen atoms in total. The molecule has 1 saturated carbocycles. The average molecular weight is 354 g/mol. The van der Waals surface area contributed by atoms with E-state index in [1.165, 1.54) is 6.92 Å². The number of alkyl halides is 1. The number of hydrogen-bond acceptors (Lipinski definition) is 4. The van der Waals surface area contributed by atoms with Gasteiger partial charge in [0, 0.05) is 23.0 Å². The minimum Gasteiger partial charge on any atom is -0.464 e. The Morgan fingerprint density at radius 1 is 1.35 bits per heavy atom. The number of esters is 1. The Hall–Kier alpha value is -1.20. The summed E-state index contributed by atoms with van der Waals surface area (Å²) in [5, 5.41) is 0.00833. The molecule has 0 aromatic heterocycles. The lowest BCUT2D eigenvalue weighted by Gasteiger charge is -2.35. The minimum atomic E-state index is -0.506. The van der Waals surface area contributed by atoms with Crippen LogP contribution >= 0.6 is 23.4 Å². The predicted octanol–water partition coefficient (Wildman–Crippen LogP) is 2.94. The van der Waals surface area contributed by atoms with Gasteiger partial charge < -0.3 is 9.64 Å². The number of halogens is 1. The number of carbonyl (C=O) groups excluding carboxylic acids is 2. The number of carbonyl (C=O) groups is 2. The number of fused-ring (bicyclic) bond motifs is 2. The lowest BCUT2D eigenvalue weighted by atomic mass is 9.98. The molecule has 5 atom stereocenters. The van der Waals surface area contributed by atoms with Gasteiger partial charge >= 0.3 is 5.97 Å². The number of piperidine rings is 1. The van der Waals surface area contributed by atoms with E-state index in [0.29, 0.717) is 6.61 Å². The molecule has 1 aliphatic heterocycles. The van der Waals surface area contributed by atoms with Gasteiger partial charge in [-0.1, -0.05) is 18.2 Å². The molecular formula is C17H20ClNO3S. The third kappa shape index (κ3) is 2.96. The number of ether oxygens (including phenoxy) is 1. The van der Waals surface area contributed by atoms with E-state index in [1.54, 1.807) is 23.6 Å². The van der Waals surface area contributed by atoms with Crippen LogP contribution in [0, 0.1) is 5.92 Å². The van der Waals surface area contributed by atoms with E-state index < -0.39 is 6.04 Å². The summed E-state index contributed by atoms with van der Waals surface area (Å²) in [4.78, 5) is 27.3. The number of rotatable bonds is 4. The lowest BCUT2D eigenvalue weighted by Crippen LogP contribution is -2.52. The fourth-order valence-electron chi connectivity index (χ4n) is 3.76. The second-order valence-corrected chi connectivity index (χ2v) is 7.74. The van der Waals surface area contributed by atoms with Crippen LogP contribution in [0.5, 0.6) is 0 Å². The zero-order chi connectivity index (χ0) is 16.6. The van der Waals surface area contributed by atoms with Crippen LogP contribution in [0.15, 0.2) is 35.2 Å². The Labute approximate surface area is 145 Å². The molecule has 0 unspecified atom stereocenters. The van der Waals surface area contributed by atoms with Crippen molar-refractivity contribution in [1.82, 2.24) is 4.90 Å². The quantitative estimate of drug-likeness (QED) is 0.616. The standard InChI is InChI=1S/C17H20ClNO3S/c1-3-22-17(21)14-12-9-13(18)15(19(14)10(2)20)16(12)23-11-7-5-4-6-8-11/h4-8,12-16H,3,9H2,1-2H3/t12-,13+,14+,15-,16-/m0/s1. The van der Waals surface area contributed by atoms with Gasteiger partial charge in [-0.2, -0.15) is 0 Å². The first-order valence-electron chi connectivity index (χ1n) is 7.86. The van der Waals surface area contributed by atoms with Crippen molar-refractivity contribution < 1.29 is 14.3 Å². The topological polar surface area (TPSA) is 46.6 Å². The van der Waals surface area contributed by atoms with Crippen molar-refractivity contribution in [3.8, 4) is 0 Å². The van der Waals surface area contributed by atoms with Crippen molar-refractivity contribution in [1.29, 1.82) is 0 Å². The van der Waals surface area contributed by atoms with E-state index >= 15 is 0 Å². The van der Waals surface area contributed by atoms with Gasteiger partial charge in [-0.25, -0.2) is 4.79 Å². The maximum absolute atomic E-state index is 12.4. The Morgan fingerprint density at radius 3 is 2.65 bits per heavy atom. The van der Waals surface area contributed by atoms with Crippen molar-refractivity contribution in [2.45, 2.75) is 47.9 Å². The first kappa shape index (κ1) is 16.7. The van der Waals surface area contributed by atoms with Crippen molar-refractivity contribution in [2.75, 3.05) is 6.61 Å². The molecule has 6 heteroatoms. The smallest absolute Gasteiger partial charge is 0.329 e. The van der Waals surface area contributed by atoms with Gasteiger partial charge in [0.2, 0.25) is 5.91 Å². The fraction of sp³-hybridized carbons (Fsp3) is 0.529. The molecule has 0 spiro atoms. The Morgan fingerprint density at radius 2 is 2.04 bits per heavy atom. The molecule has 2 fully saturated rings. The summed E-state index contributed by atoms with van der Waals surface area (Å²) in [5.41, 5.74) is 0. The SMILES string of the molecule is CCOC(=O)[C@H]1[C@@H]2C[C@@H](Cl)[C@@H]([C@H]2Sc2ccccc2)N1C(C)=O. The largest absolute Gasteiger partial charge is 0.464 e. The summed E-state index contributed by atoms with van der Waals surface area (Å²) in [6.45, 7) is 3.60. The maximum Gasteiger partial charge on any atom is 0.329 e. The second kappa shape index (κ2) is 6.73. The second-order valence-electron chi connectivity index (χ2n) is 5.92. The highest BCUT2D eigenvalue weighted by Gasteiger charge is 2.61. The molecule has 1 amide bonds. The van der Waals surface area contributed by atoms with Crippen LogP contribution in [0.25, 0.3) is 0 Å². The van der Waals surface area contributed by atoms with Crippen molar-refractivity contribution in [3.05, 3.63) is 30.3 Å². The van der Waals surface area contributed by atoms with Gasteiger partial charge in [-0.15, -0.1) is 23.4 Å². The molecule has 3 rings (SSSR count). The molecule has 0 N–H and O–H groups in total. The molecule has 1 aromatic rings. The summed E-state index contributed by atoms with van der Waals surface area (Å²) in [6.07, 6.45) is 0.740. The van der Waals surface area contributed by atoms with E-state index in [-0.39, 0.29) is 34.5 Å². The summed E-state index contributed by atoms with van der Waals surface area (Å²) < 4.78 is 5.21. The monoisotopic (exact) mass is 353 g/mol. The highest BCUT2D eigenvalue weighted by atomic mass is 35.5. The first-order chi connectivity index (χ1) is 11.0. The van der Waals surface area contributed by atoms with E-state index in [4.69, 9.17) is 16.3 Å². The average Bonchev–Trinajstić information content (AvgIpc) is 2.99. The van der Waals surface area contributed by atoms with Gasteiger partial charge in [-0.3, -0.25) is 4.79 Å². The highest BCUT2D eigenvalue weighted by molar-refractivity contribution is 8.00. The molecule has 0 radical (unpaired) electrons. The summed E-state index contributed by atoms with van der Waals surface area (Å²) >= 11 is 8.20. The van der Waals surface area contributed by atoms with Crippen LogP contribution in [0.4, 0.5) is 0 Å². The van der Waals surface area contributed by atoms with E-state index in [9.17, 15) is 9.59 Å². The number of benzene rings is 1. The molecule has 2 bridgehead atoms. The molecule has 1 aliphatic carbocycles. The van der Waals surface area contributed by atoms with E-state index in [1.807, 2.05) is 30.3 Å². The van der Waals surface area contributed by atoms with Crippen LogP contribution in [-0.2, 0) is 14.3 Å². The number of nitrogens with zero attached hydrogens (tertiary/aromatic N) is 1. The summed E-state index contributed by atoms with van der Waals surface area (Å²) in [5.74, 6) is -0.382. The number of likely N-dealkylation sites (tertiary alicyclic amines) is 1. The van der Waals surface area contributed by atoms with Gasteiger partial charge in [0.15, 0.2) is 0 Å². The number of thioether (sulfide) groups is 1. The van der Waals surface area contributed by atoms with Gasteiger partial charge in [-0.05, 0) is 25.5 Å². The highest BCUT2D eigenvalue weighted by Crippen LogP contribution is 2.52. The van der Waals surface area contributed by atoms with Gasteiger partial charge in [0.05, 0.1) is 18.0 Å². The predicted molar refractivity (Wildman–Crippen MR) is 90.6 cm³/mol. The Bertz CT molecular complexity index is 597. The molecule has 2 aliphatic rings. The maximum atomic E-state index is 12.4. The van der Waals surface area contributed by atoms with Crippen LogP contribution in [0.1, 0.15) is 20.3 Å². The lowest BCUT2D eigenvalue weighted by molar-refractivity contribution is -0.156. The third-order valence-electron chi connectivity index (χ3n) is 4.56. The van der Waals surface area contributed by atoms with Crippen LogP contribution < -0.4 is 0 Å². The van der Waals surface area contributed by atoms with E-state index in [2.05, 4.69) is 0 Å². The molecular weight excluding hydrogens is 334 g/mol. The van der Waals surface area contributed by atoms with Crippen LogP contribution in [0.3, 0.4) is 0 Å². The molecule has 124 valence electrons. The minimum absolute atomic E-state index is 0.0376. The Kier molecular flexibility index (Phi) is 4.87.